The molecule has 1 fully saturated rings. The number of non-ortho nitro benzene ring substituents is 1. The summed E-state index contributed by atoms with van der Waals surface area (Å²) in [6, 6.07) is 13.1. The molecule has 2 aromatic carbocycles. The van der Waals surface area contributed by atoms with Crippen molar-refractivity contribution in [3.63, 3.8) is 0 Å². The topological polar surface area (TPSA) is 145 Å². The molecule has 0 spiro atoms. The second-order valence-corrected chi connectivity index (χ2v) is 7.62. The van der Waals surface area contributed by atoms with Crippen LogP contribution in [-0.2, 0) is 4.74 Å². The zero-order chi connectivity index (χ0) is 23.4. The number of aliphatic hydroxyl groups excluding tert-OH is 1. The van der Waals surface area contributed by atoms with Crippen LogP contribution >= 0.6 is 0 Å². The first-order valence-electron chi connectivity index (χ1n) is 10.5. The Labute approximate surface area is 188 Å². The molecular weight excluding hydrogens is 426 g/mol. The van der Waals surface area contributed by atoms with E-state index in [4.69, 9.17) is 4.74 Å². The van der Waals surface area contributed by atoms with Crippen LogP contribution < -0.4 is 4.90 Å². The molecule has 0 aliphatic carbocycles. The molecular formula is C23H21N5O5. The molecule has 1 aliphatic rings. The SMILES string of the molecule is N#CC(=C(O)COC(=O)c1cc([N+](=O)[O-])ccc1N1CCCCC1)c1nc2ccccc2[nH]1. The molecule has 4 rings (SSSR count). The fourth-order valence-corrected chi connectivity index (χ4v) is 3.82. The van der Waals surface area contributed by atoms with Gasteiger partial charge < -0.3 is 19.7 Å². The van der Waals surface area contributed by atoms with Crippen molar-refractivity contribution < 1.29 is 19.6 Å². The quantitative estimate of drug-likeness (QED) is 0.189. The zero-order valence-corrected chi connectivity index (χ0v) is 17.7. The Hall–Kier alpha value is -4.39. The second-order valence-electron chi connectivity index (χ2n) is 7.62. The van der Waals surface area contributed by atoms with Crippen molar-refractivity contribution in [1.82, 2.24) is 9.97 Å². The van der Waals surface area contributed by atoms with Crippen LogP contribution in [0.5, 0.6) is 0 Å². The Morgan fingerprint density at radius 2 is 2.00 bits per heavy atom. The molecule has 3 aromatic rings. The number of H-pyrrole nitrogens is 1. The number of aromatic amines is 1. The van der Waals surface area contributed by atoms with Crippen molar-refractivity contribution in [1.29, 1.82) is 5.26 Å². The van der Waals surface area contributed by atoms with Gasteiger partial charge in [-0.25, -0.2) is 9.78 Å². The van der Waals surface area contributed by atoms with E-state index in [2.05, 4.69) is 9.97 Å². The summed E-state index contributed by atoms with van der Waals surface area (Å²) < 4.78 is 5.25. The van der Waals surface area contributed by atoms with Gasteiger partial charge in [0.1, 0.15) is 18.2 Å². The third-order valence-electron chi connectivity index (χ3n) is 5.47. The number of fused-ring (bicyclic) bond motifs is 1. The molecule has 2 heterocycles. The highest BCUT2D eigenvalue weighted by molar-refractivity contribution is 5.97. The average molecular weight is 447 g/mol. The highest BCUT2D eigenvalue weighted by atomic mass is 16.6. The molecule has 0 unspecified atom stereocenters. The number of ether oxygens (including phenoxy) is 1. The Bertz CT molecular complexity index is 1250. The van der Waals surface area contributed by atoms with Gasteiger partial charge in [-0.05, 0) is 37.5 Å². The zero-order valence-electron chi connectivity index (χ0n) is 17.7. The highest BCUT2D eigenvalue weighted by Gasteiger charge is 2.24. The van der Waals surface area contributed by atoms with Crippen molar-refractivity contribution in [2.45, 2.75) is 19.3 Å². The molecule has 2 N–H and O–H groups in total. The lowest BCUT2D eigenvalue weighted by Crippen LogP contribution is -2.31. The number of nitriles is 1. The number of carbonyl (C=O) groups excluding carboxylic acids is 1. The Morgan fingerprint density at radius 1 is 1.24 bits per heavy atom. The number of nitrogens with zero attached hydrogens (tertiary/aromatic N) is 4. The van der Waals surface area contributed by atoms with Gasteiger partial charge >= 0.3 is 5.97 Å². The molecule has 0 atom stereocenters. The van der Waals surface area contributed by atoms with Crippen LogP contribution in [0, 0.1) is 21.4 Å². The second kappa shape index (κ2) is 9.40. The monoisotopic (exact) mass is 447 g/mol. The largest absolute Gasteiger partial charge is 0.507 e. The average Bonchev–Trinajstić information content (AvgIpc) is 3.26. The first-order valence-corrected chi connectivity index (χ1v) is 10.5. The van der Waals surface area contributed by atoms with E-state index in [1.807, 2.05) is 11.0 Å². The number of nitrogens with one attached hydrogen (secondary N) is 1. The standard InChI is InChI=1S/C23H21N5O5/c24-13-17(22-25-18-6-2-3-7-19(18)26-22)21(29)14-33-23(30)16-12-15(28(31)32)8-9-20(16)27-10-4-1-5-11-27/h2-3,6-9,12,29H,1,4-5,10-11,14H2,(H,25,26). The summed E-state index contributed by atoms with van der Waals surface area (Å²) in [5.74, 6) is -1.15. The maximum atomic E-state index is 12.9. The molecule has 0 radical (unpaired) electrons. The normalized spacial score (nSPS) is 14.5. The fraction of sp³-hybridized carbons (Fsp3) is 0.261. The van der Waals surface area contributed by atoms with Crippen LogP contribution in [0.4, 0.5) is 11.4 Å². The van der Waals surface area contributed by atoms with Crippen LogP contribution in [-0.4, -0.2) is 45.7 Å². The van der Waals surface area contributed by atoms with Gasteiger partial charge in [-0.2, -0.15) is 5.26 Å². The van der Waals surface area contributed by atoms with Crippen LogP contribution in [0.15, 0.2) is 48.2 Å². The number of aromatic nitrogens is 2. The number of nitro groups is 1. The number of imidazole rings is 1. The van der Waals surface area contributed by atoms with Gasteiger partial charge in [-0.3, -0.25) is 10.1 Å². The minimum absolute atomic E-state index is 0.0427. The molecule has 0 bridgehead atoms. The number of allylic oxidation sites excluding steroid dienone is 1. The minimum atomic E-state index is -0.826. The first-order chi connectivity index (χ1) is 16.0. The van der Waals surface area contributed by atoms with Crippen molar-refractivity contribution >= 4 is 34.0 Å². The van der Waals surface area contributed by atoms with E-state index in [-0.39, 0.29) is 22.6 Å². The van der Waals surface area contributed by atoms with E-state index in [9.17, 15) is 25.3 Å². The maximum absolute atomic E-state index is 12.9. The van der Waals surface area contributed by atoms with Gasteiger partial charge in [0.25, 0.3) is 5.69 Å². The summed E-state index contributed by atoms with van der Waals surface area (Å²) in [6.45, 7) is 0.878. The van der Waals surface area contributed by atoms with Gasteiger partial charge in [0.2, 0.25) is 0 Å². The molecule has 33 heavy (non-hydrogen) atoms. The number of hydrogen-bond acceptors (Lipinski definition) is 8. The Morgan fingerprint density at radius 3 is 2.70 bits per heavy atom. The van der Waals surface area contributed by atoms with Gasteiger partial charge in [0.15, 0.2) is 11.6 Å². The Kier molecular flexibility index (Phi) is 6.22. The Balaban J connectivity index is 1.58. The number of benzene rings is 2. The molecule has 0 amide bonds. The van der Waals surface area contributed by atoms with Crippen molar-refractivity contribution in [2.75, 3.05) is 24.6 Å². The summed E-state index contributed by atoms with van der Waals surface area (Å²) in [5.41, 5.74) is 1.50. The summed E-state index contributed by atoms with van der Waals surface area (Å²) >= 11 is 0. The fourth-order valence-electron chi connectivity index (χ4n) is 3.82. The number of nitro benzene ring substituents is 1. The number of esters is 1. The molecule has 10 heteroatoms. The minimum Gasteiger partial charge on any atom is -0.507 e. The number of hydrogen-bond donors (Lipinski definition) is 2. The molecule has 1 aliphatic heterocycles. The predicted molar refractivity (Wildman–Crippen MR) is 121 cm³/mol. The number of rotatable bonds is 6. The molecule has 10 nitrogen and oxygen atoms in total. The summed E-state index contributed by atoms with van der Waals surface area (Å²) in [6.07, 6.45) is 3.00. The summed E-state index contributed by atoms with van der Waals surface area (Å²) in [7, 11) is 0. The lowest BCUT2D eigenvalue weighted by atomic mass is 10.1. The van der Waals surface area contributed by atoms with E-state index in [0.29, 0.717) is 16.7 Å². The first kappa shape index (κ1) is 21.8. The van der Waals surface area contributed by atoms with Crippen LogP contribution in [0.3, 0.4) is 0 Å². The molecule has 1 saturated heterocycles. The number of para-hydroxylation sites is 2. The summed E-state index contributed by atoms with van der Waals surface area (Å²) in [5, 5.41) is 31.2. The smallest absolute Gasteiger partial charge is 0.340 e. The molecule has 0 saturated carbocycles. The number of piperidine rings is 1. The van der Waals surface area contributed by atoms with Crippen molar-refractivity contribution in [2.24, 2.45) is 0 Å². The molecule has 1 aromatic heterocycles. The van der Waals surface area contributed by atoms with E-state index in [0.717, 1.165) is 32.4 Å². The van der Waals surface area contributed by atoms with Gasteiger partial charge in [0.05, 0.1) is 27.2 Å². The van der Waals surface area contributed by atoms with E-state index in [1.54, 1.807) is 30.3 Å². The number of aliphatic hydroxyl groups is 1. The predicted octanol–water partition coefficient (Wildman–Crippen LogP) is 4.11. The van der Waals surface area contributed by atoms with Gasteiger partial charge in [0, 0.05) is 25.2 Å². The van der Waals surface area contributed by atoms with E-state index < -0.39 is 23.3 Å². The van der Waals surface area contributed by atoms with E-state index in [1.165, 1.54) is 12.1 Å². The lowest BCUT2D eigenvalue weighted by molar-refractivity contribution is -0.384. The summed E-state index contributed by atoms with van der Waals surface area (Å²) in [4.78, 5) is 32.7. The third-order valence-corrected chi connectivity index (χ3v) is 5.47. The van der Waals surface area contributed by atoms with Gasteiger partial charge in [-0.1, -0.05) is 12.1 Å². The van der Waals surface area contributed by atoms with Crippen LogP contribution in [0.1, 0.15) is 35.4 Å². The highest BCUT2D eigenvalue weighted by Crippen LogP contribution is 2.29. The lowest BCUT2D eigenvalue weighted by Gasteiger charge is -2.30. The third kappa shape index (κ3) is 4.62. The van der Waals surface area contributed by atoms with Crippen molar-refractivity contribution in [3.05, 3.63) is 69.7 Å². The van der Waals surface area contributed by atoms with Crippen LogP contribution in [0.25, 0.3) is 16.6 Å². The molecule has 168 valence electrons. The van der Waals surface area contributed by atoms with Crippen LogP contribution in [0.2, 0.25) is 0 Å². The van der Waals surface area contributed by atoms with Crippen molar-refractivity contribution in [3.8, 4) is 6.07 Å². The maximum Gasteiger partial charge on any atom is 0.340 e. The van der Waals surface area contributed by atoms with E-state index >= 15 is 0 Å². The van der Waals surface area contributed by atoms with Gasteiger partial charge in [-0.15, -0.1) is 0 Å². The number of anilines is 1. The number of carbonyl (C=O) groups is 1.